The Labute approximate surface area is 150 Å². The summed E-state index contributed by atoms with van der Waals surface area (Å²) in [5.41, 5.74) is 0.988. The van der Waals surface area contributed by atoms with E-state index in [1.165, 1.54) is 24.2 Å². The van der Waals surface area contributed by atoms with E-state index in [4.69, 9.17) is 9.47 Å². The van der Waals surface area contributed by atoms with Crippen LogP contribution in [0.2, 0.25) is 0 Å². The maximum atomic E-state index is 12.3. The maximum absolute atomic E-state index is 12.3. The molecule has 0 radical (unpaired) electrons. The topological polar surface area (TPSA) is 87.0 Å². The van der Waals surface area contributed by atoms with Gasteiger partial charge < -0.3 is 9.47 Å². The van der Waals surface area contributed by atoms with E-state index in [1.807, 2.05) is 35.3 Å². The Bertz CT molecular complexity index is 787. The second kappa shape index (κ2) is 5.33. The summed E-state index contributed by atoms with van der Waals surface area (Å²) in [5.74, 6) is 0.331. The number of carbonyl (C=O) groups excluding carboxylic acids is 2. The van der Waals surface area contributed by atoms with Crippen LogP contribution in [0, 0.1) is 11.8 Å². The van der Waals surface area contributed by atoms with Gasteiger partial charge in [-0.2, -0.15) is 5.11 Å². The van der Waals surface area contributed by atoms with Crippen LogP contribution >= 0.6 is 0 Å². The molecule has 0 N–H and O–H groups in total. The lowest BCUT2D eigenvalue weighted by molar-refractivity contribution is -0.181. The van der Waals surface area contributed by atoms with Crippen LogP contribution in [-0.2, 0) is 9.47 Å². The molecule has 9 heteroatoms. The van der Waals surface area contributed by atoms with E-state index in [-0.39, 0.29) is 36.0 Å². The van der Waals surface area contributed by atoms with Gasteiger partial charge >= 0.3 is 12.2 Å². The number of rotatable bonds is 1. The Morgan fingerprint density at radius 2 is 1.58 bits per heavy atom. The Morgan fingerprint density at radius 3 is 2.19 bits per heavy atom. The van der Waals surface area contributed by atoms with Crippen molar-refractivity contribution in [1.82, 2.24) is 10.0 Å². The van der Waals surface area contributed by atoms with E-state index < -0.39 is 12.2 Å². The molecule has 0 spiro atoms. The fourth-order valence-corrected chi connectivity index (χ4v) is 5.22. The number of methoxy groups -OCH3 is 2. The highest BCUT2D eigenvalue weighted by atomic mass is 16.6. The molecule has 3 fully saturated rings. The molecule has 9 nitrogen and oxygen atoms in total. The van der Waals surface area contributed by atoms with E-state index in [9.17, 15) is 9.59 Å². The van der Waals surface area contributed by atoms with Crippen LogP contribution in [0.5, 0.6) is 0 Å². The molecule has 2 heterocycles. The minimum atomic E-state index is -0.546. The summed E-state index contributed by atoms with van der Waals surface area (Å²) in [7, 11) is 2.63. The maximum Gasteiger partial charge on any atom is 0.429 e. The number of hydrogen-bond acceptors (Lipinski definition) is 7. The van der Waals surface area contributed by atoms with Crippen molar-refractivity contribution in [1.29, 1.82) is 0 Å². The third kappa shape index (κ3) is 1.75. The molecule has 1 aromatic carbocycles. The van der Waals surface area contributed by atoms with Crippen LogP contribution < -0.4 is 5.01 Å². The number of hydrogen-bond donors (Lipinski definition) is 0. The monoisotopic (exact) mass is 357 g/mol. The highest BCUT2D eigenvalue weighted by Crippen LogP contribution is 2.59. The second-order valence-electron chi connectivity index (χ2n) is 7.04. The van der Waals surface area contributed by atoms with E-state index in [2.05, 4.69) is 10.3 Å². The summed E-state index contributed by atoms with van der Waals surface area (Å²) >= 11 is 0. The zero-order chi connectivity index (χ0) is 18.0. The number of anilines is 1. The van der Waals surface area contributed by atoms with Crippen molar-refractivity contribution in [2.75, 3.05) is 19.2 Å². The number of hydrazine groups is 1. The van der Waals surface area contributed by atoms with Crippen LogP contribution in [-0.4, -0.2) is 60.6 Å². The Hall–Kier alpha value is -2.84. The molecule has 1 saturated heterocycles. The molecule has 2 aliphatic heterocycles. The van der Waals surface area contributed by atoms with E-state index >= 15 is 0 Å². The van der Waals surface area contributed by atoms with Crippen LogP contribution in [0.25, 0.3) is 0 Å². The first-order valence-electron chi connectivity index (χ1n) is 8.66. The van der Waals surface area contributed by atoms with Crippen LogP contribution in [0.3, 0.4) is 0 Å². The minimum absolute atomic E-state index is 0.0217. The molecule has 2 saturated carbocycles. The van der Waals surface area contributed by atoms with Crippen LogP contribution in [0.4, 0.5) is 15.3 Å². The predicted octanol–water partition coefficient (Wildman–Crippen LogP) is 2.06. The van der Waals surface area contributed by atoms with E-state index in [0.29, 0.717) is 0 Å². The van der Waals surface area contributed by atoms with Gasteiger partial charge in [-0.05, 0) is 18.6 Å². The molecule has 0 aromatic heterocycles. The van der Waals surface area contributed by atoms with Crippen molar-refractivity contribution in [2.24, 2.45) is 22.2 Å². The normalized spacial score (nSPS) is 35.8. The highest BCUT2D eigenvalue weighted by molar-refractivity contribution is 5.77. The summed E-state index contributed by atoms with van der Waals surface area (Å²) in [6, 6.07) is 9.84. The zero-order valence-corrected chi connectivity index (χ0v) is 14.4. The molecule has 26 heavy (non-hydrogen) atoms. The summed E-state index contributed by atoms with van der Waals surface area (Å²) in [5, 5.41) is 13.6. The number of carbonyl (C=O) groups is 2. The lowest BCUT2D eigenvalue weighted by Crippen LogP contribution is -2.78. The molecule has 2 bridgehead atoms. The number of benzene rings is 1. The van der Waals surface area contributed by atoms with Crippen LogP contribution in [0.15, 0.2) is 40.7 Å². The number of fused-ring (bicyclic) bond motifs is 8. The summed E-state index contributed by atoms with van der Waals surface area (Å²) in [4.78, 5) is 24.5. The molecule has 136 valence electrons. The molecular formula is C17H19N5O4. The van der Waals surface area contributed by atoms with Crippen molar-refractivity contribution < 1.29 is 19.1 Å². The number of nitrogens with zero attached hydrogens (tertiary/aromatic N) is 5. The highest BCUT2D eigenvalue weighted by Gasteiger charge is 2.73. The molecule has 0 unspecified atom stereocenters. The minimum Gasteiger partial charge on any atom is -0.452 e. The van der Waals surface area contributed by atoms with Gasteiger partial charge in [0.25, 0.3) is 0 Å². The first-order chi connectivity index (χ1) is 12.7. The van der Waals surface area contributed by atoms with Gasteiger partial charge in [0.1, 0.15) is 6.04 Å². The van der Waals surface area contributed by atoms with E-state index in [0.717, 1.165) is 12.1 Å². The number of ether oxygens (including phenoxy) is 2. The van der Waals surface area contributed by atoms with Gasteiger partial charge in [-0.25, -0.2) is 24.6 Å². The average molecular weight is 357 g/mol. The van der Waals surface area contributed by atoms with Crippen molar-refractivity contribution in [3.05, 3.63) is 30.3 Å². The Morgan fingerprint density at radius 1 is 0.962 bits per heavy atom. The van der Waals surface area contributed by atoms with Crippen molar-refractivity contribution >= 4 is 17.9 Å². The lowest BCUT2D eigenvalue weighted by Gasteiger charge is -2.58. The first-order valence-corrected chi connectivity index (χ1v) is 8.66. The summed E-state index contributed by atoms with van der Waals surface area (Å²) < 4.78 is 9.76. The second-order valence-corrected chi connectivity index (χ2v) is 7.04. The largest absolute Gasteiger partial charge is 0.452 e. The fraction of sp³-hybridized carbons (Fsp3) is 0.529. The van der Waals surface area contributed by atoms with E-state index in [1.54, 1.807) is 0 Å². The molecule has 2 aliphatic carbocycles. The van der Waals surface area contributed by atoms with Gasteiger partial charge in [-0.3, -0.25) is 0 Å². The van der Waals surface area contributed by atoms with Crippen molar-refractivity contribution in [3.8, 4) is 0 Å². The third-order valence-corrected chi connectivity index (χ3v) is 6.10. The molecule has 5 rings (SSSR count). The van der Waals surface area contributed by atoms with Gasteiger partial charge in [0.2, 0.25) is 0 Å². The Balaban J connectivity index is 1.48. The standard InChI is InChI=1S/C17H19N5O4/c1-25-16(23)21-14-10-8-11(15(14)22(21)17(24)26-2)13-12(10)18-19-20(13)9-6-4-3-5-7-9/h3-7,10-15H,8H2,1-2H3/t10-,11+,12+,13-,14-,15+/m1/s1. The van der Waals surface area contributed by atoms with Crippen molar-refractivity contribution in [2.45, 2.75) is 30.6 Å². The SMILES string of the molecule is COC(=O)N1[C@@H]2[C@@H]3C[C@@H]([C@@H]4[C@H]3N=NN4c3ccccc3)[C@@H]2N1C(=O)OC. The number of amides is 2. The van der Waals surface area contributed by atoms with Gasteiger partial charge in [-0.1, -0.05) is 23.4 Å². The first kappa shape index (κ1) is 15.4. The Kier molecular flexibility index (Phi) is 3.16. The summed E-state index contributed by atoms with van der Waals surface area (Å²) in [6.07, 6.45) is -0.192. The molecule has 6 atom stereocenters. The third-order valence-electron chi connectivity index (χ3n) is 6.10. The molecular weight excluding hydrogens is 338 g/mol. The smallest absolute Gasteiger partial charge is 0.429 e. The fourth-order valence-electron chi connectivity index (χ4n) is 5.22. The average Bonchev–Trinajstić information content (AvgIpc) is 3.31. The number of para-hydroxylation sites is 1. The van der Waals surface area contributed by atoms with Gasteiger partial charge in [0.15, 0.2) is 0 Å². The summed E-state index contributed by atoms with van der Waals surface area (Å²) in [6.45, 7) is 0. The van der Waals surface area contributed by atoms with Gasteiger partial charge in [0, 0.05) is 11.8 Å². The van der Waals surface area contributed by atoms with Gasteiger partial charge in [-0.15, -0.1) is 0 Å². The quantitative estimate of drug-likeness (QED) is 0.768. The zero-order valence-electron chi connectivity index (χ0n) is 14.4. The molecule has 2 amide bonds. The molecule has 4 aliphatic rings. The molecule has 1 aromatic rings. The van der Waals surface area contributed by atoms with Crippen LogP contribution in [0.1, 0.15) is 6.42 Å². The van der Waals surface area contributed by atoms with Gasteiger partial charge in [0.05, 0.1) is 38.0 Å². The lowest BCUT2D eigenvalue weighted by atomic mass is 9.79. The van der Waals surface area contributed by atoms with Crippen molar-refractivity contribution in [3.63, 3.8) is 0 Å². The predicted molar refractivity (Wildman–Crippen MR) is 89.0 cm³/mol.